The van der Waals surface area contributed by atoms with Crippen LogP contribution in [0.1, 0.15) is 6.92 Å². The van der Waals surface area contributed by atoms with Crippen molar-refractivity contribution in [3.63, 3.8) is 0 Å². The maximum Gasteiger partial charge on any atom is 0.268 e. The fraction of sp³-hybridized carbons (Fsp3) is 0.188. The number of nitrogens with one attached hydrogen (secondary N) is 1. The monoisotopic (exact) mass is 380 g/mol. The summed E-state index contributed by atoms with van der Waals surface area (Å²) in [7, 11) is 1.50. The van der Waals surface area contributed by atoms with Gasteiger partial charge < -0.3 is 14.9 Å². The number of aromatic nitrogens is 3. The minimum Gasteiger partial charge on any atom is -0.495 e. The average molecular weight is 381 g/mol. The Morgan fingerprint density at radius 3 is 2.68 bits per heavy atom. The molecule has 1 heterocycles. The molecule has 1 atom stereocenters. The summed E-state index contributed by atoms with van der Waals surface area (Å²) < 4.78 is 5.20. The first-order valence-corrected chi connectivity index (χ1v) is 8.06. The number of hydrogen-bond acceptors (Lipinski definition) is 5. The van der Waals surface area contributed by atoms with Crippen LogP contribution in [0.25, 0.3) is 11.0 Å². The van der Waals surface area contributed by atoms with Crippen molar-refractivity contribution in [3.05, 3.63) is 46.4 Å². The van der Waals surface area contributed by atoms with Crippen LogP contribution < -0.4 is 14.9 Å². The minimum absolute atomic E-state index is 0.397. The summed E-state index contributed by atoms with van der Waals surface area (Å²) in [5.74, 6) is 0.0918. The molecule has 7 nitrogen and oxygen atoms in total. The van der Waals surface area contributed by atoms with Crippen LogP contribution in [0.2, 0.25) is 10.0 Å². The van der Waals surface area contributed by atoms with Gasteiger partial charge in [-0.2, -0.15) is 0 Å². The summed E-state index contributed by atoms with van der Waals surface area (Å²) in [5, 5.41) is 11.5. The van der Waals surface area contributed by atoms with E-state index in [0.29, 0.717) is 32.5 Å². The lowest BCUT2D eigenvalue weighted by Crippen LogP contribution is -2.35. The van der Waals surface area contributed by atoms with E-state index in [2.05, 4.69) is 15.6 Å². The number of fused-ring (bicyclic) bond motifs is 1. The highest BCUT2D eigenvalue weighted by atomic mass is 35.5. The molecule has 3 aromatic rings. The quantitative estimate of drug-likeness (QED) is 0.735. The van der Waals surface area contributed by atoms with Gasteiger partial charge >= 0.3 is 0 Å². The second-order valence-corrected chi connectivity index (χ2v) is 6.05. The molecule has 1 amide bonds. The van der Waals surface area contributed by atoms with Crippen molar-refractivity contribution < 1.29 is 14.4 Å². The molecule has 25 heavy (non-hydrogen) atoms. The predicted molar refractivity (Wildman–Crippen MR) is 95.2 cm³/mol. The van der Waals surface area contributed by atoms with Crippen molar-refractivity contribution in [2.24, 2.45) is 0 Å². The first-order chi connectivity index (χ1) is 12.0. The van der Waals surface area contributed by atoms with Crippen molar-refractivity contribution in [1.82, 2.24) is 15.2 Å². The van der Waals surface area contributed by atoms with Gasteiger partial charge in [-0.15, -0.1) is 5.10 Å². The van der Waals surface area contributed by atoms with Crippen LogP contribution in [0.3, 0.4) is 0 Å². The molecule has 0 saturated heterocycles. The van der Waals surface area contributed by atoms with Gasteiger partial charge in [0.1, 0.15) is 16.8 Å². The Balaban J connectivity index is 1.76. The van der Waals surface area contributed by atoms with E-state index < -0.39 is 12.0 Å². The second-order valence-electron chi connectivity index (χ2n) is 5.18. The normalized spacial score (nSPS) is 12.0. The van der Waals surface area contributed by atoms with Crippen molar-refractivity contribution in [1.29, 1.82) is 0 Å². The fourth-order valence-corrected chi connectivity index (χ4v) is 2.50. The summed E-state index contributed by atoms with van der Waals surface area (Å²) in [5.41, 5.74) is 1.61. The Kier molecular flexibility index (Phi) is 4.96. The highest BCUT2D eigenvalue weighted by Crippen LogP contribution is 2.27. The zero-order chi connectivity index (χ0) is 18.0. The molecular formula is C16H14Cl2N4O3. The van der Waals surface area contributed by atoms with Crippen molar-refractivity contribution in [3.8, 4) is 5.75 Å². The number of rotatable bonds is 5. The second kappa shape index (κ2) is 7.16. The summed E-state index contributed by atoms with van der Waals surface area (Å²) in [6.07, 6.45) is -0.854. The van der Waals surface area contributed by atoms with Crippen LogP contribution in [-0.4, -0.2) is 34.3 Å². The first-order valence-electron chi connectivity index (χ1n) is 7.30. The predicted octanol–water partition coefficient (Wildman–Crippen LogP) is 3.20. The molecule has 0 unspecified atom stereocenters. The number of carbonyl (C=O) groups is 1. The molecular weight excluding hydrogens is 367 g/mol. The molecule has 0 radical (unpaired) electrons. The van der Waals surface area contributed by atoms with E-state index in [1.165, 1.54) is 12.0 Å². The van der Waals surface area contributed by atoms with Gasteiger partial charge in [0.15, 0.2) is 0 Å². The van der Waals surface area contributed by atoms with Crippen LogP contribution in [0.4, 0.5) is 5.69 Å². The van der Waals surface area contributed by atoms with E-state index in [1.807, 2.05) is 0 Å². The van der Waals surface area contributed by atoms with Crippen molar-refractivity contribution in [2.45, 2.75) is 13.0 Å². The third kappa shape index (κ3) is 3.78. The van der Waals surface area contributed by atoms with E-state index in [4.69, 9.17) is 32.8 Å². The number of benzene rings is 2. The number of amides is 1. The molecule has 0 spiro atoms. The minimum atomic E-state index is -0.854. The summed E-state index contributed by atoms with van der Waals surface area (Å²) in [6.45, 7) is 1.59. The van der Waals surface area contributed by atoms with E-state index >= 15 is 0 Å². The first kappa shape index (κ1) is 17.3. The molecule has 0 aliphatic heterocycles. The lowest BCUT2D eigenvalue weighted by atomic mass is 10.2. The molecule has 0 aliphatic carbocycles. The van der Waals surface area contributed by atoms with Crippen LogP contribution in [-0.2, 0) is 4.79 Å². The average Bonchev–Trinajstić information content (AvgIpc) is 2.97. The Hall–Kier alpha value is -2.51. The van der Waals surface area contributed by atoms with Gasteiger partial charge in [0.05, 0.1) is 12.8 Å². The van der Waals surface area contributed by atoms with E-state index in [-0.39, 0.29) is 0 Å². The number of methoxy groups -OCH3 is 1. The molecule has 0 aliphatic rings. The van der Waals surface area contributed by atoms with E-state index in [0.717, 1.165) is 0 Å². The highest BCUT2D eigenvalue weighted by molar-refractivity contribution is 6.31. The van der Waals surface area contributed by atoms with Gasteiger partial charge in [-0.1, -0.05) is 28.0 Å². The van der Waals surface area contributed by atoms with Gasteiger partial charge in [0.25, 0.3) is 5.91 Å². The molecule has 0 bridgehead atoms. The third-order valence-electron chi connectivity index (χ3n) is 3.42. The number of halogens is 2. The van der Waals surface area contributed by atoms with Crippen LogP contribution in [0.15, 0.2) is 36.4 Å². The van der Waals surface area contributed by atoms with Gasteiger partial charge in [-0.3, -0.25) is 4.79 Å². The number of hydrogen-bond donors (Lipinski definition) is 1. The Morgan fingerprint density at radius 1 is 1.20 bits per heavy atom. The van der Waals surface area contributed by atoms with Gasteiger partial charge in [-0.25, -0.2) is 0 Å². The standard InChI is InChI=1S/C16H14Cl2N4O3/c1-9(16(23)19-13-7-10(17)4-6-15(13)24-2)25-22-14-8-11(18)3-5-12(14)20-21-22/h3-9H,1-2H3,(H,19,23)/t9-/m1/s1. The number of ether oxygens (including phenoxy) is 1. The summed E-state index contributed by atoms with van der Waals surface area (Å²) >= 11 is 11.9. The van der Waals surface area contributed by atoms with Gasteiger partial charge in [0, 0.05) is 10.0 Å². The van der Waals surface area contributed by atoms with Crippen molar-refractivity contribution >= 4 is 45.8 Å². The fourth-order valence-electron chi connectivity index (χ4n) is 2.16. The maximum absolute atomic E-state index is 12.4. The topological polar surface area (TPSA) is 78.3 Å². The lowest BCUT2D eigenvalue weighted by molar-refractivity contribution is -0.127. The largest absolute Gasteiger partial charge is 0.495 e. The molecule has 0 fully saturated rings. The number of carbonyl (C=O) groups excluding carboxylic acids is 1. The molecule has 1 N–H and O–H groups in total. The molecule has 3 rings (SSSR count). The SMILES string of the molecule is COc1ccc(Cl)cc1NC(=O)[C@@H](C)On1nnc2ccc(Cl)cc21. The van der Waals surface area contributed by atoms with Gasteiger partial charge in [0.2, 0.25) is 6.10 Å². The molecule has 0 saturated carbocycles. The Bertz CT molecular complexity index is 929. The van der Waals surface area contributed by atoms with E-state index in [9.17, 15) is 4.79 Å². The number of nitrogens with zero attached hydrogens (tertiary/aromatic N) is 3. The molecule has 9 heteroatoms. The zero-order valence-electron chi connectivity index (χ0n) is 13.4. The molecule has 130 valence electrons. The van der Waals surface area contributed by atoms with Crippen LogP contribution in [0.5, 0.6) is 5.75 Å². The maximum atomic E-state index is 12.4. The molecule has 1 aromatic heterocycles. The Labute approximate surface area is 153 Å². The summed E-state index contributed by atoms with van der Waals surface area (Å²) in [6, 6.07) is 9.99. The zero-order valence-corrected chi connectivity index (χ0v) is 14.9. The van der Waals surface area contributed by atoms with Crippen LogP contribution >= 0.6 is 23.2 Å². The number of anilines is 1. The van der Waals surface area contributed by atoms with Gasteiger partial charge in [-0.05, 0) is 48.5 Å². The highest BCUT2D eigenvalue weighted by Gasteiger charge is 2.19. The smallest absolute Gasteiger partial charge is 0.268 e. The van der Waals surface area contributed by atoms with Crippen LogP contribution in [0, 0.1) is 0 Å². The van der Waals surface area contributed by atoms with E-state index in [1.54, 1.807) is 43.3 Å². The lowest BCUT2D eigenvalue weighted by Gasteiger charge is -2.15. The van der Waals surface area contributed by atoms with Crippen molar-refractivity contribution in [2.75, 3.05) is 12.4 Å². The molecule has 2 aromatic carbocycles. The Morgan fingerprint density at radius 2 is 1.92 bits per heavy atom. The summed E-state index contributed by atoms with van der Waals surface area (Å²) in [4.78, 5) is 19.1. The third-order valence-corrected chi connectivity index (χ3v) is 3.89.